The molecule has 4 aromatic rings. The first-order chi connectivity index (χ1) is 15.5. The number of H-pyrrole nitrogens is 1. The molecule has 8 heteroatoms. The van der Waals surface area contributed by atoms with E-state index >= 15 is 0 Å². The molecule has 0 atom stereocenters. The van der Waals surface area contributed by atoms with Crippen LogP contribution in [0.15, 0.2) is 67.6 Å². The summed E-state index contributed by atoms with van der Waals surface area (Å²) < 4.78 is 6.01. The van der Waals surface area contributed by atoms with Crippen LogP contribution in [0.3, 0.4) is 0 Å². The molecule has 0 aliphatic carbocycles. The first kappa shape index (κ1) is 21.9. The summed E-state index contributed by atoms with van der Waals surface area (Å²) in [5, 5.41) is 1.06. The first-order valence-electron chi connectivity index (χ1n) is 9.86. The van der Waals surface area contributed by atoms with Crippen molar-refractivity contribution in [3.63, 3.8) is 0 Å². The van der Waals surface area contributed by atoms with Crippen LogP contribution in [-0.2, 0) is 4.79 Å². The van der Waals surface area contributed by atoms with Crippen LogP contribution in [0.2, 0.25) is 10.0 Å². The van der Waals surface area contributed by atoms with E-state index in [9.17, 15) is 4.79 Å². The van der Waals surface area contributed by atoms with Crippen molar-refractivity contribution in [3.8, 4) is 28.1 Å². The van der Waals surface area contributed by atoms with Crippen molar-refractivity contribution in [2.24, 2.45) is 0 Å². The summed E-state index contributed by atoms with van der Waals surface area (Å²) in [6.07, 6.45) is 6.36. The SMILES string of the molecule is C=CC(=O)N(C)CCOc1cnccc1-c1[nH]c2cccnc2c1-c1cc(Cl)cc(Cl)c1. The van der Waals surface area contributed by atoms with Gasteiger partial charge in [-0.15, -0.1) is 0 Å². The average Bonchev–Trinajstić information content (AvgIpc) is 3.17. The second-order valence-corrected chi connectivity index (χ2v) is 7.99. The Labute approximate surface area is 195 Å². The summed E-state index contributed by atoms with van der Waals surface area (Å²) in [5.74, 6) is 0.412. The molecule has 3 aromatic heterocycles. The maximum Gasteiger partial charge on any atom is 0.245 e. The van der Waals surface area contributed by atoms with E-state index in [1.54, 1.807) is 31.7 Å². The number of likely N-dealkylation sites (N-methyl/N-ethyl adjacent to an activating group) is 1. The summed E-state index contributed by atoms with van der Waals surface area (Å²) in [7, 11) is 1.70. The number of hydrogen-bond acceptors (Lipinski definition) is 4. The summed E-state index contributed by atoms with van der Waals surface area (Å²) >= 11 is 12.6. The van der Waals surface area contributed by atoms with E-state index in [-0.39, 0.29) is 5.91 Å². The van der Waals surface area contributed by atoms with Gasteiger partial charge in [-0.05, 0) is 48.0 Å². The van der Waals surface area contributed by atoms with E-state index in [0.717, 1.165) is 33.4 Å². The van der Waals surface area contributed by atoms with Gasteiger partial charge in [-0.2, -0.15) is 0 Å². The zero-order chi connectivity index (χ0) is 22.7. The molecule has 0 aliphatic rings. The van der Waals surface area contributed by atoms with Gasteiger partial charge in [0.05, 0.1) is 29.5 Å². The minimum atomic E-state index is -0.165. The molecule has 0 aliphatic heterocycles. The van der Waals surface area contributed by atoms with Gasteiger partial charge in [-0.3, -0.25) is 14.8 Å². The van der Waals surface area contributed by atoms with Crippen LogP contribution in [0.25, 0.3) is 33.4 Å². The van der Waals surface area contributed by atoms with Crippen molar-refractivity contribution in [2.45, 2.75) is 0 Å². The van der Waals surface area contributed by atoms with Crippen LogP contribution in [-0.4, -0.2) is 46.0 Å². The Kier molecular flexibility index (Phi) is 6.44. The summed E-state index contributed by atoms with van der Waals surface area (Å²) in [5.41, 5.74) is 4.97. The number of amides is 1. The number of hydrogen-bond donors (Lipinski definition) is 1. The lowest BCUT2D eigenvalue weighted by Crippen LogP contribution is -2.29. The predicted octanol–water partition coefficient (Wildman–Crippen LogP) is 5.62. The smallest absolute Gasteiger partial charge is 0.245 e. The van der Waals surface area contributed by atoms with Gasteiger partial charge in [0, 0.05) is 40.6 Å². The number of ether oxygens (including phenoxy) is 1. The fourth-order valence-electron chi connectivity index (χ4n) is 3.46. The molecule has 32 heavy (non-hydrogen) atoms. The molecule has 1 aromatic carbocycles. The van der Waals surface area contributed by atoms with Gasteiger partial charge in [-0.25, -0.2) is 0 Å². The van der Waals surface area contributed by atoms with E-state index < -0.39 is 0 Å². The van der Waals surface area contributed by atoms with Gasteiger partial charge in [0.15, 0.2) is 0 Å². The van der Waals surface area contributed by atoms with Gasteiger partial charge in [-0.1, -0.05) is 29.8 Å². The predicted molar refractivity (Wildman–Crippen MR) is 128 cm³/mol. The lowest BCUT2D eigenvalue weighted by Gasteiger charge is -2.17. The molecule has 6 nitrogen and oxygen atoms in total. The molecule has 0 fully saturated rings. The Hall–Kier alpha value is -3.35. The molecule has 1 amide bonds. The molecule has 0 unspecified atom stereocenters. The summed E-state index contributed by atoms with van der Waals surface area (Å²) in [6.45, 7) is 4.21. The normalized spacial score (nSPS) is 10.8. The number of nitrogens with one attached hydrogen (secondary N) is 1. The van der Waals surface area contributed by atoms with E-state index in [4.69, 9.17) is 27.9 Å². The number of rotatable bonds is 7. The van der Waals surface area contributed by atoms with Crippen LogP contribution >= 0.6 is 23.2 Å². The van der Waals surface area contributed by atoms with Crippen LogP contribution in [0.4, 0.5) is 0 Å². The van der Waals surface area contributed by atoms with Crippen LogP contribution in [0.5, 0.6) is 5.75 Å². The lowest BCUT2D eigenvalue weighted by molar-refractivity contribution is -0.125. The maximum absolute atomic E-state index is 11.7. The standard InChI is InChI=1S/C24H20Cl2N4O2/c1-3-21(31)30(2)9-10-32-20-14-27-8-6-18(20)23-22(15-11-16(25)13-17(26)12-15)24-19(29-23)5-4-7-28-24/h3-8,11-14,29H,1,9-10H2,2H3. The second-order valence-electron chi connectivity index (χ2n) is 7.12. The van der Waals surface area contributed by atoms with Gasteiger partial charge >= 0.3 is 0 Å². The van der Waals surface area contributed by atoms with Crippen molar-refractivity contribution in [1.29, 1.82) is 0 Å². The Balaban J connectivity index is 1.78. The highest BCUT2D eigenvalue weighted by Gasteiger charge is 2.20. The van der Waals surface area contributed by atoms with E-state index in [2.05, 4.69) is 21.5 Å². The Bertz CT molecular complexity index is 1280. The molecule has 0 saturated heterocycles. The third-order valence-corrected chi connectivity index (χ3v) is 5.43. The first-order valence-corrected chi connectivity index (χ1v) is 10.6. The zero-order valence-corrected chi connectivity index (χ0v) is 18.8. The fraction of sp³-hybridized carbons (Fsp3) is 0.125. The lowest BCUT2D eigenvalue weighted by atomic mass is 10.0. The van der Waals surface area contributed by atoms with Gasteiger partial charge in [0.1, 0.15) is 12.4 Å². The number of pyridine rings is 2. The highest BCUT2D eigenvalue weighted by atomic mass is 35.5. The number of carbonyl (C=O) groups is 1. The molecule has 3 heterocycles. The van der Waals surface area contributed by atoms with E-state index in [0.29, 0.717) is 28.9 Å². The monoisotopic (exact) mass is 466 g/mol. The van der Waals surface area contributed by atoms with E-state index in [1.165, 1.54) is 11.0 Å². The molecule has 4 rings (SSSR count). The number of benzene rings is 1. The second kappa shape index (κ2) is 9.42. The van der Waals surface area contributed by atoms with Crippen LogP contribution < -0.4 is 4.74 Å². The minimum Gasteiger partial charge on any atom is -0.489 e. The van der Waals surface area contributed by atoms with Gasteiger partial charge in [0.2, 0.25) is 5.91 Å². The maximum atomic E-state index is 11.7. The number of aromatic nitrogens is 3. The molecular formula is C24H20Cl2N4O2. The van der Waals surface area contributed by atoms with Crippen LogP contribution in [0, 0.1) is 0 Å². The van der Waals surface area contributed by atoms with Gasteiger partial charge < -0.3 is 14.6 Å². The Morgan fingerprint density at radius 2 is 2.00 bits per heavy atom. The number of nitrogens with zero attached hydrogens (tertiary/aromatic N) is 3. The molecule has 0 radical (unpaired) electrons. The topological polar surface area (TPSA) is 71.1 Å². The fourth-order valence-corrected chi connectivity index (χ4v) is 3.99. The van der Waals surface area contributed by atoms with Crippen LogP contribution in [0.1, 0.15) is 0 Å². The molecule has 0 bridgehead atoms. The zero-order valence-electron chi connectivity index (χ0n) is 17.3. The quantitative estimate of drug-likeness (QED) is 0.358. The Morgan fingerprint density at radius 3 is 2.75 bits per heavy atom. The van der Waals surface area contributed by atoms with Crippen molar-refractivity contribution in [3.05, 3.63) is 77.7 Å². The van der Waals surface area contributed by atoms with Crippen molar-refractivity contribution in [2.75, 3.05) is 20.2 Å². The number of aromatic amines is 1. The molecule has 0 spiro atoms. The largest absolute Gasteiger partial charge is 0.489 e. The minimum absolute atomic E-state index is 0.165. The Morgan fingerprint density at radius 1 is 1.22 bits per heavy atom. The van der Waals surface area contributed by atoms with Gasteiger partial charge in [0.25, 0.3) is 0 Å². The number of fused-ring (bicyclic) bond motifs is 1. The third kappa shape index (κ3) is 4.47. The molecule has 1 N–H and O–H groups in total. The van der Waals surface area contributed by atoms with Crippen molar-refractivity contribution in [1.82, 2.24) is 19.9 Å². The molecule has 162 valence electrons. The summed E-state index contributed by atoms with van der Waals surface area (Å²) in [6, 6.07) is 11.1. The summed E-state index contributed by atoms with van der Waals surface area (Å²) in [4.78, 5) is 25.5. The van der Waals surface area contributed by atoms with E-state index in [1.807, 2.05) is 30.3 Å². The van der Waals surface area contributed by atoms with Crippen molar-refractivity contribution >= 4 is 40.1 Å². The number of halogens is 2. The third-order valence-electron chi connectivity index (χ3n) is 4.99. The molecular weight excluding hydrogens is 447 g/mol. The number of carbonyl (C=O) groups excluding carboxylic acids is 1. The van der Waals surface area contributed by atoms with Crippen molar-refractivity contribution < 1.29 is 9.53 Å². The average molecular weight is 467 g/mol. The molecule has 0 saturated carbocycles. The highest BCUT2D eigenvalue weighted by Crippen LogP contribution is 2.41. The highest BCUT2D eigenvalue weighted by molar-refractivity contribution is 6.35.